The third-order valence-corrected chi connectivity index (χ3v) is 3.82. The van der Waals surface area contributed by atoms with Gasteiger partial charge in [-0.15, -0.1) is 0 Å². The number of nitrogen functional groups attached to an aromatic ring is 1. The minimum Gasteiger partial charge on any atom is -0.398 e. The summed E-state index contributed by atoms with van der Waals surface area (Å²) in [5.74, 6) is 0. The minimum absolute atomic E-state index is 0.0105. The Morgan fingerprint density at radius 3 is 2.69 bits per heavy atom. The second-order valence-corrected chi connectivity index (χ2v) is 6.03. The maximum atomic E-state index is 11.8. The van der Waals surface area contributed by atoms with Gasteiger partial charge in [-0.3, -0.25) is 0 Å². The molecular weight excluding hydrogens is 296 g/mol. The van der Waals surface area contributed by atoms with Gasteiger partial charge in [0.25, 0.3) is 0 Å². The van der Waals surface area contributed by atoms with Gasteiger partial charge < -0.3 is 10.8 Å². The van der Waals surface area contributed by atoms with E-state index in [1.807, 2.05) is 0 Å². The van der Waals surface area contributed by atoms with Gasteiger partial charge in [-0.1, -0.05) is 15.9 Å². The number of aliphatic hydroxyl groups excluding tert-OH is 1. The highest BCUT2D eigenvalue weighted by atomic mass is 79.9. The van der Waals surface area contributed by atoms with Crippen molar-refractivity contribution in [2.24, 2.45) is 0 Å². The molecule has 0 spiro atoms. The summed E-state index contributed by atoms with van der Waals surface area (Å²) in [5, 5.41) is 9.01. The van der Waals surface area contributed by atoms with Crippen LogP contribution in [0.4, 0.5) is 5.69 Å². The monoisotopic (exact) mass is 308 g/mol. The number of nitrogens with one attached hydrogen (secondary N) is 1. The Labute approximate surface area is 103 Å². The van der Waals surface area contributed by atoms with Crippen molar-refractivity contribution in [1.82, 2.24) is 4.72 Å². The predicted octanol–water partition coefficient (Wildman–Crippen LogP) is 0.690. The zero-order chi connectivity index (χ0) is 12.3. The highest BCUT2D eigenvalue weighted by Crippen LogP contribution is 2.22. The number of hydrogen-bond acceptors (Lipinski definition) is 4. The lowest BCUT2D eigenvalue weighted by Gasteiger charge is -2.10. The van der Waals surface area contributed by atoms with Crippen molar-refractivity contribution in [2.45, 2.75) is 17.9 Å². The molecule has 16 heavy (non-hydrogen) atoms. The SMILES string of the molecule is C[C@@H](O)CNS(=O)(=O)c1ccc(Br)cc1N. The fourth-order valence-electron chi connectivity index (χ4n) is 1.07. The second-order valence-electron chi connectivity index (χ2n) is 3.38. The zero-order valence-electron chi connectivity index (χ0n) is 8.64. The molecule has 0 aliphatic heterocycles. The molecule has 0 bridgehead atoms. The Morgan fingerprint density at radius 2 is 2.19 bits per heavy atom. The van der Waals surface area contributed by atoms with Crippen LogP contribution in [0.15, 0.2) is 27.6 Å². The molecule has 90 valence electrons. The summed E-state index contributed by atoms with van der Waals surface area (Å²) in [6.07, 6.45) is -0.744. The van der Waals surface area contributed by atoms with Gasteiger partial charge in [0.2, 0.25) is 10.0 Å². The van der Waals surface area contributed by atoms with Gasteiger partial charge in [0, 0.05) is 11.0 Å². The van der Waals surface area contributed by atoms with Gasteiger partial charge in [0.05, 0.1) is 11.8 Å². The molecule has 0 saturated heterocycles. The van der Waals surface area contributed by atoms with Crippen LogP contribution in [0, 0.1) is 0 Å². The molecule has 0 heterocycles. The van der Waals surface area contributed by atoms with E-state index in [0.717, 1.165) is 0 Å². The number of aliphatic hydroxyl groups is 1. The Kier molecular flexibility index (Phi) is 4.31. The molecule has 1 aromatic rings. The summed E-state index contributed by atoms with van der Waals surface area (Å²) in [7, 11) is -3.66. The maximum Gasteiger partial charge on any atom is 0.242 e. The first kappa shape index (κ1) is 13.4. The van der Waals surface area contributed by atoms with Crippen molar-refractivity contribution in [3.8, 4) is 0 Å². The lowest BCUT2D eigenvalue weighted by molar-refractivity contribution is 0.198. The van der Waals surface area contributed by atoms with E-state index < -0.39 is 16.1 Å². The predicted molar refractivity (Wildman–Crippen MR) is 65.4 cm³/mol. The molecule has 1 aromatic carbocycles. The molecule has 0 fully saturated rings. The highest BCUT2D eigenvalue weighted by molar-refractivity contribution is 9.10. The van der Waals surface area contributed by atoms with E-state index in [4.69, 9.17) is 10.8 Å². The van der Waals surface area contributed by atoms with E-state index in [9.17, 15) is 8.42 Å². The average Bonchev–Trinajstić information content (AvgIpc) is 2.14. The molecular formula is C9H13BrN2O3S. The molecule has 1 atom stereocenters. The molecule has 1 rings (SSSR count). The van der Waals surface area contributed by atoms with Gasteiger partial charge in [0.15, 0.2) is 0 Å². The Bertz CT molecular complexity index is 474. The van der Waals surface area contributed by atoms with Gasteiger partial charge in [-0.05, 0) is 25.1 Å². The molecule has 0 aliphatic rings. The van der Waals surface area contributed by atoms with E-state index in [0.29, 0.717) is 4.47 Å². The molecule has 7 heteroatoms. The minimum atomic E-state index is -3.66. The van der Waals surface area contributed by atoms with E-state index in [1.54, 1.807) is 6.07 Å². The van der Waals surface area contributed by atoms with Crippen molar-refractivity contribution in [3.63, 3.8) is 0 Å². The number of halogens is 1. The van der Waals surface area contributed by atoms with Crippen LogP contribution in [0.2, 0.25) is 0 Å². The number of hydrogen-bond donors (Lipinski definition) is 3. The fraction of sp³-hybridized carbons (Fsp3) is 0.333. The first-order valence-corrected chi connectivity index (χ1v) is 6.83. The highest BCUT2D eigenvalue weighted by Gasteiger charge is 2.17. The summed E-state index contributed by atoms with van der Waals surface area (Å²) in [6.45, 7) is 1.45. The number of benzene rings is 1. The summed E-state index contributed by atoms with van der Waals surface area (Å²) in [4.78, 5) is 0.0105. The summed E-state index contributed by atoms with van der Waals surface area (Å²) in [6, 6.07) is 4.51. The van der Waals surface area contributed by atoms with Crippen molar-refractivity contribution < 1.29 is 13.5 Å². The van der Waals surface area contributed by atoms with Crippen LogP contribution in [-0.4, -0.2) is 26.2 Å². The van der Waals surface area contributed by atoms with Gasteiger partial charge >= 0.3 is 0 Å². The number of rotatable bonds is 4. The van der Waals surface area contributed by atoms with Crippen LogP contribution in [-0.2, 0) is 10.0 Å². The first-order chi connectivity index (χ1) is 7.33. The summed E-state index contributed by atoms with van der Waals surface area (Å²) in [5.41, 5.74) is 5.76. The van der Waals surface area contributed by atoms with Crippen LogP contribution >= 0.6 is 15.9 Å². The van der Waals surface area contributed by atoms with Crippen molar-refractivity contribution >= 4 is 31.6 Å². The first-order valence-electron chi connectivity index (χ1n) is 4.55. The molecule has 0 aliphatic carbocycles. The van der Waals surface area contributed by atoms with Gasteiger partial charge in [0.1, 0.15) is 4.90 Å². The molecule has 0 aromatic heterocycles. The molecule has 4 N–H and O–H groups in total. The summed E-state index contributed by atoms with van der Waals surface area (Å²) < 4.78 is 26.5. The van der Waals surface area contributed by atoms with E-state index in [-0.39, 0.29) is 17.1 Å². The van der Waals surface area contributed by atoms with E-state index in [1.165, 1.54) is 19.1 Å². The smallest absolute Gasteiger partial charge is 0.242 e. The number of anilines is 1. The van der Waals surface area contributed by atoms with Crippen molar-refractivity contribution in [2.75, 3.05) is 12.3 Å². The Balaban J connectivity index is 2.99. The van der Waals surface area contributed by atoms with Crippen LogP contribution < -0.4 is 10.5 Å². The topological polar surface area (TPSA) is 92.4 Å². The third-order valence-electron chi connectivity index (χ3n) is 1.83. The van der Waals surface area contributed by atoms with Crippen LogP contribution in [0.3, 0.4) is 0 Å². The molecule has 5 nitrogen and oxygen atoms in total. The second kappa shape index (κ2) is 5.13. The zero-order valence-corrected chi connectivity index (χ0v) is 11.0. The Morgan fingerprint density at radius 1 is 1.56 bits per heavy atom. The van der Waals surface area contributed by atoms with Crippen LogP contribution in [0.25, 0.3) is 0 Å². The Hall–Kier alpha value is -0.630. The lowest BCUT2D eigenvalue weighted by atomic mass is 10.3. The number of sulfonamides is 1. The van der Waals surface area contributed by atoms with E-state index in [2.05, 4.69) is 20.7 Å². The van der Waals surface area contributed by atoms with Crippen molar-refractivity contribution in [3.05, 3.63) is 22.7 Å². The normalized spacial score (nSPS) is 13.7. The summed E-state index contributed by atoms with van der Waals surface area (Å²) >= 11 is 3.19. The van der Waals surface area contributed by atoms with Crippen LogP contribution in [0.5, 0.6) is 0 Å². The molecule has 0 radical (unpaired) electrons. The van der Waals surface area contributed by atoms with Crippen LogP contribution in [0.1, 0.15) is 6.92 Å². The maximum absolute atomic E-state index is 11.8. The van der Waals surface area contributed by atoms with Crippen molar-refractivity contribution in [1.29, 1.82) is 0 Å². The number of nitrogens with two attached hydrogens (primary N) is 1. The largest absolute Gasteiger partial charge is 0.398 e. The molecule has 0 saturated carbocycles. The quantitative estimate of drug-likeness (QED) is 0.714. The van der Waals surface area contributed by atoms with Gasteiger partial charge in [-0.25, -0.2) is 13.1 Å². The van der Waals surface area contributed by atoms with E-state index >= 15 is 0 Å². The average molecular weight is 309 g/mol. The fourth-order valence-corrected chi connectivity index (χ4v) is 2.68. The lowest BCUT2D eigenvalue weighted by Crippen LogP contribution is -2.31. The molecule has 0 unspecified atom stereocenters. The molecule has 0 amide bonds. The third kappa shape index (κ3) is 3.44. The van der Waals surface area contributed by atoms with Gasteiger partial charge in [-0.2, -0.15) is 0 Å². The standard InChI is InChI=1S/C9H13BrN2O3S/c1-6(13)5-12-16(14,15)9-3-2-7(10)4-8(9)11/h2-4,6,12-13H,5,11H2,1H3/t6-/m1/s1.